The van der Waals surface area contributed by atoms with Gasteiger partial charge in [-0.15, -0.1) is 0 Å². The van der Waals surface area contributed by atoms with E-state index in [9.17, 15) is 12.8 Å². The second-order valence-corrected chi connectivity index (χ2v) is 5.47. The summed E-state index contributed by atoms with van der Waals surface area (Å²) < 4.78 is 51.0. The van der Waals surface area contributed by atoms with Crippen LogP contribution in [-0.2, 0) is 23.8 Å². The highest BCUT2D eigenvalue weighted by Gasteiger charge is 2.28. The van der Waals surface area contributed by atoms with E-state index in [1.165, 1.54) is 26.4 Å². The summed E-state index contributed by atoms with van der Waals surface area (Å²) in [6, 6.07) is 6.10. The van der Waals surface area contributed by atoms with E-state index in [-0.39, 0.29) is 4.90 Å². The summed E-state index contributed by atoms with van der Waals surface area (Å²) in [6.07, 6.45) is -2.44. The van der Waals surface area contributed by atoms with E-state index in [0.29, 0.717) is 0 Å². The predicted octanol–water partition coefficient (Wildman–Crippen LogP) is 1.66. The average molecular weight is 292 g/mol. The van der Waals surface area contributed by atoms with Gasteiger partial charge in [0, 0.05) is 14.2 Å². The molecule has 5 nitrogen and oxygen atoms in total. The minimum atomic E-state index is -4.03. The Morgan fingerprint density at radius 3 is 2.16 bits per heavy atom. The monoisotopic (exact) mass is 292 g/mol. The fourth-order valence-electron chi connectivity index (χ4n) is 1.39. The third-order valence-corrected chi connectivity index (χ3v) is 3.81. The molecule has 1 aromatic carbocycles. The van der Waals surface area contributed by atoms with Gasteiger partial charge >= 0.3 is 0 Å². The highest BCUT2D eigenvalue weighted by molar-refractivity contribution is 7.86. The van der Waals surface area contributed by atoms with Crippen LogP contribution in [0.4, 0.5) is 4.39 Å². The number of halogens is 1. The van der Waals surface area contributed by atoms with Gasteiger partial charge in [-0.2, -0.15) is 8.42 Å². The minimum absolute atomic E-state index is 0.0196. The molecule has 0 aliphatic carbocycles. The number of rotatable bonds is 7. The van der Waals surface area contributed by atoms with Gasteiger partial charge in [-0.3, -0.25) is 0 Å². The molecule has 0 aliphatic heterocycles. The van der Waals surface area contributed by atoms with Gasteiger partial charge in [0.1, 0.15) is 12.8 Å². The number of methoxy groups -OCH3 is 2. The second kappa shape index (κ2) is 6.95. The molecule has 0 saturated heterocycles. The molecule has 0 N–H and O–H groups in total. The number of hydrogen-bond donors (Lipinski definition) is 0. The molecule has 0 amide bonds. The lowest BCUT2D eigenvalue weighted by Crippen LogP contribution is -2.36. The molecule has 0 bridgehead atoms. The van der Waals surface area contributed by atoms with Crippen molar-refractivity contribution < 1.29 is 26.5 Å². The molecule has 0 radical (unpaired) electrons. The standard InChI is InChI=1S/C12H17FO5S/c1-9-4-6-10(7-5-9)19(14,15)18-12(17-3)11(8-13)16-2/h4-7,11-12H,8H2,1-3H3. The molecule has 0 saturated carbocycles. The van der Waals surface area contributed by atoms with E-state index in [2.05, 4.69) is 0 Å². The van der Waals surface area contributed by atoms with Crippen molar-refractivity contribution in [2.75, 3.05) is 20.9 Å². The van der Waals surface area contributed by atoms with Crippen molar-refractivity contribution in [1.82, 2.24) is 0 Å². The van der Waals surface area contributed by atoms with Crippen LogP contribution in [0.5, 0.6) is 0 Å². The molecular formula is C12H17FO5S. The SMILES string of the molecule is COC(CF)C(OC)OS(=O)(=O)c1ccc(C)cc1. The van der Waals surface area contributed by atoms with Gasteiger partial charge in [0.2, 0.25) is 6.29 Å². The van der Waals surface area contributed by atoms with Gasteiger partial charge in [0.25, 0.3) is 10.1 Å². The van der Waals surface area contributed by atoms with Crippen molar-refractivity contribution in [3.05, 3.63) is 29.8 Å². The Kier molecular flexibility index (Phi) is 5.86. The minimum Gasteiger partial charge on any atom is -0.373 e. The Bertz CT molecular complexity index is 481. The molecule has 108 valence electrons. The molecule has 19 heavy (non-hydrogen) atoms. The predicted molar refractivity (Wildman–Crippen MR) is 67.0 cm³/mol. The Balaban J connectivity index is 2.91. The fourth-order valence-corrected chi connectivity index (χ4v) is 2.42. The van der Waals surface area contributed by atoms with Crippen molar-refractivity contribution >= 4 is 10.1 Å². The van der Waals surface area contributed by atoms with Crippen LogP contribution >= 0.6 is 0 Å². The smallest absolute Gasteiger partial charge is 0.299 e. The molecule has 0 fully saturated rings. The van der Waals surface area contributed by atoms with Crippen molar-refractivity contribution in [2.24, 2.45) is 0 Å². The van der Waals surface area contributed by atoms with Crippen molar-refractivity contribution in [3.8, 4) is 0 Å². The zero-order valence-electron chi connectivity index (χ0n) is 11.0. The maximum Gasteiger partial charge on any atom is 0.299 e. The third-order valence-electron chi connectivity index (χ3n) is 2.52. The maximum atomic E-state index is 12.6. The van der Waals surface area contributed by atoms with Crippen LogP contribution in [0.15, 0.2) is 29.2 Å². The molecule has 0 aromatic heterocycles. The summed E-state index contributed by atoms with van der Waals surface area (Å²) in [5.41, 5.74) is 0.917. The number of aryl methyl sites for hydroxylation is 1. The lowest BCUT2D eigenvalue weighted by molar-refractivity contribution is -0.140. The van der Waals surface area contributed by atoms with Crippen LogP contribution in [-0.4, -0.2) is 41.7 Å². The average Bonchev–Trinajstić information content (AvgIpc) is 2.39. The maximum absolute atomic E-state index is 12.6. The zero-order valence-corrected chi connectivity index (χ0v) is 11.8. The van der Waals surface area contributed by atoms with E-state index < -0.39 is 29.2 Å². The summed E-state index contributed by atoms with van der Waals surface area (Å²) in [5, 5.41) is 0. The van der Waals surface area contributed by atoms with Gasteiger partial charge < -0.3 is 9.47 Å². The van der Waals surface area contributed by atoms with E-state index >= 15 is 0 Å². The first kappa shape index (κ1) is 16.0. The third kappa shape index (κ3) is 4.24. The highest BCUT2D eigenvalue weighted by atomic mass is 32.2. The number of alkyl halides is 1. The molecule has 1 rings (SSSR count). The zero-order chi connectivity index (χ0) is 14.5. The van der Waals surface area contributed by atoms with Crippen LogP contribution in [0, 0.1) is 6.92 Å². The van der Waals surface area contributed by atoms with E-state index in [0.717, 1.165) is 5.56 Å². The van der Waals surface area contributed by atoms with Gasteiger partial charge in [-0.25, -0.2) is 8.57 Å². The number of hydrogen-bond acceptors (Lipinski definition) is 5. The summed E-state index contributed by atoms with van der Waals surface area (Å²) in [5.74, 6) is 0. The second-order valence-electron chi connectivity index (χ2n) is 3.90. The first-order valence-electron chi connectivity index (χ1n) is 5.56. The molecule has 0 heterocycles. The summed E-state index contributed by atoms with van der Waals surface area (Å²) >= 11 is 0. The molecule has 7 heteroatoms. The topological polar surface area (TPSA) is 61.8 Å². The Hall–Kier alpha value is -1.02. The molecule has 0 aliphatic rings. The molecular weight excluding hydrogens is 275 g/mol. The van der Waals surface area contributed by atoms with Crippen molar-refractivity contribution in [3.63, 3.8) is 0 Å². The normalized spacial score (nSPS) is 15.2. The van der Waals surface area contributed by atoms with E-state index in [4.69, 9.17) is 13.7 Å². The highest BCUT2D eigenvalue weighted by Crippen LogP contribution is 2.17. The lowest BCUT2D eigenvalue weighted by atomic mass is 10.2. The van der Waals surface area contributed by atoms with E-state index in [1.807, 2.05) is 6.92 Å². The van der Waals surface area contributed by atoms with Crippen molar-refractivity contribution in [2.45, 2.75) is 24.2 Å². The summed E-state index contributed by atoms with van der Waals surface area (Å²) in [4.78, 5) is -0.0196. The quantitative estimate of drug-likeness (QED) is 0.565. The van der Waals surface area contributed by atoms with Gasteiger partial charge in [0.15, 0.2) is 0 Å². The largest absolute Gasteiger partial charge is 0.373 e. The summed E-state index contributed by atoms with van der Waals surface area (Å²) in [6.45, 7) is 0.914. The van der Waals surface area contributed by atoms with Crippen LogP contribution in [0.1, 0.15) is 5.56 Å². The number of benzene rings is 1. The van der Waals surface area contributed by atoms with Gasteiger partial charge in [0.05, 0.1) is 4.90 Å². The molecule has 1 aromatic rings. The van der Waals surface area contributed by atoms with Gasteiger partial charge in [-0.1, -0.05) is 17.7 Å². The lowest BCUT2D eigenvalue weighted by Gasteiger charge is -2.21. The van der Waals surface area contributed by atoms with Crippen LogP contribution in [0.25, 0.3) is 0 Å². The van der Waals surface area contributed by atoms with Gasteiger partial charge in [-0.05, 0) is 19.1 Å². The first-order valence-corrected chi connectivity index (χ1v) is 6.97. The van der Waals surface area contributed by atoms with E-state index in [1.54, 1.807) is 12.1 Å². The van der Waals surface area contributed by atoms with Crippen LogP contribution < -0.4 is 0 Å². The first-order chi connectivity index (χ1) is 8.94. The molecule has 2 atom stereocenters. The number of ether oxygens (including phenoxy) is 2. The Morgan fingerprint density at radius 2 is 1.74 bits per heavy atom. The Labute approximate surface area is 112 Å². The van der Waals surface area contributed by atoms with Crippen LogP contribution in [0.2, 0.25) is 0 Å². The Morgan fingerprint density at radius 1 is 1.16 bits per heavy atom. The van der Waals surface area contributed by atoms with Crippen LogP contribution in [0.3, 0.4) is 0 Å². The molecule has 0 spiro atoms. The van der Waals surface area contributed by atoms with Crippen molar-refractivity contribution in [1.29, 1.82) is 0 Å². The summed E-state index contributed by atoms with van der Waals surface area (Å²) in [7, 11) is -1.56. The fraction of sp³-hybridized carbons (Fsp3) is 0.500. The molecule has 2 unspecified atom stereocenters.